The van der Waals surface area contributed by atoms with Gasteiger partial charge in [0.15, 0.2) is 0 Å². The third-order valence-electron chi connectivity index (χ3n) is 2.24. The summed E-state index contributed by atoms with van der Waals surface area (Å²) in [5.74, 6) is -1.35. The van der Waals surface area contributed by atoms with E-state index in [1.165, 1.54) is 13.3 Å². The molecule has 106 valence electrons. The molecule has 0 aliphatic heterocycles. The van der Waals surface area contributed by atoms with Crippen LogP contribution >= 0.6 is 0 Å². The normalized spacial score (nSPS) is 10.9. The topological polar surface area (TPSA) is 66.4 Å². The lowest BCUT2D eigenvalue weighted by atomic mass is 10.0. The number of hydrogen-bond donors (Lipinski definition) is 2. The second-order valence-corrected chi connectivity index (χ2v) is 4.49. The van der Waals surface area contributed by atoms with Crippen LogP contribution < -0.4 is 5.32 Å². The van der Waals surface area contributed by atoms with Crippen LogP contribution in [0.5, 0.6) is 0 Å². The Morgan fingerprint density at radius 2 is 1.68 bits per heavy atom. The number of carboxylic acids is 1. The molecule has 0 unspecified atom stereocenters. The van der Waals surface area contributed by atoms with Gasteiger partial charge in [-0.1, -0.05) is 50.1 Å². The zero-order valence-corrected chi connectivity index (χ0v) is 12.1. The first-order valence-electron chi connectivity index (χ1n) is 6.46. The van der Waals surface area contributed by atoms with E-state index >= 15 is 0 Å². The first-order valence-corrected chi connectivity index (χ1v) is 6.46. The number of aryl methyl sites for hydroxylation is 1. The molecule has 19 heavy (non-hydrogen) atoms. The molecule has 1 aromatic carbocycles. The van der Waals surface area contributed by atoms with Crippen molar-refractivity contribution in [3.05, 3.63) is 35.4 Å². The maximum Gasteiger partial charge on any atom is 0.326 e. The summed E-state index contributed by atoms with van der Waals surface area (Å²) >= 11 is 0. The molecule has 1 rings (SSSR count). The fourth-order valence-corrected chi connectivity index (χ4v) is 1.41. The van der Waals surface area contributed by atoms with E-state index in [0.29, 0.717) is 6.42 Å². The summed E-state index contributed by atoms with van der Waals surface area (Å²) in [6.45, 7) is 7.53. The number of nitrogens with one attached hydrogen (secondary N) is 1. The Morgan fingerprint density at radius 1 is 1.21 bits per heavy atom. The van der Waals surface area contributed by atoms with E-state index in [9.17, 15) is 9.59 Å². The highest BCUT2D eigenvalue weighted by molar-refractivity contribution is 5.82. The molecule has 0 fully saturated rings. The van der Waals surface area contributed by atoms with E-state index in [1.807, 2.05) is 31.2 Å². The number of benzene rings is 1. The summed E-state index contributed by atoms with van der Waals surface area (Å²) in [6.07, 6.45) is 1.55. The summed E-state index contributed by atoms with van der Waals surface area (Å²) < 4.78 is 0. The molecule has 0 heterocycles. The van der Waals surface area contributed by atoms with Gasteiger partial charge in [-0.05, 0) is 12.5 Å². The van der Waals surface area contributed by atoms with Crippen molar-refractivity contribution in [2.75, 3.05) is 0 Å². The molecule has 0 aromatic heterocycles. The number of carbonyl (C=O) groups is 2. The van der Waals surface area contributed by atoms with Crippen LogP contribution in [-0.4, -0.2) is 23.0 Å². The minimum atomic E-state index is -1.02. The van der Waals surface area contributed by atoms with Gasteiger partial charge in [-0.3, -0.25) is 4.79 Å². The summed E-state index contributed by atoms with van der Waals surface area (Å²) in [5, 5.41) is 11.3. The molecule has 0 spiro atoms. The summed E-state index contributed by atoms with van der Waals surface area (Å²) in [6, 6.07) is 6.71. The van der Waals surface area contributed by atoms with E-state index in [0.717, 1.165) is 11.1 Å². The molecule has 0 radical (unpaired) electrons. The Hall–Kier alpha value is -1.84. The van der Waals surface area contributed by atoms with E-state index < -0.39 is 12.0 Å². The monoisotopic (exact) mass is 265 g/mol. The summed E-state index contributed by atoms with van der Waals surface area (Å²) in [7, 11) is 0. The highest BCUT2D eigenvalue weighted by Crippen LogP contribution is 2.06. The number of carbonyl (C=O) groups excluding carboxylic acids is 1. The molecule has 0 aliphatic rings. The zero-order chi connectivity index (χ0) is 14.8. The van der Waals surface area contributed by atoms with E-state index in [4.69, 9.17) is 5.11 Å². The van der Waals surface area contributed by atoms with Crippen molar-refractivity contribution in [3.63, 3.8) is 0 Å². The Labute approximate surface area is 114 Å². The van der Waals surface area contributed by atoms with Gasteiger partial charge in [-0.15, -0.1) is 0 Å². The third-order valence-corrected chi connectivity index (χ3v) is 2.24. The average Bonchev–Trinajstić information content (AvgIpc) is 2.31. The second kappa shape index (κ2) is 9.14. The summed E-state index contributed by atoms with van der Waals surface area (Å²) in [5.41, 5.74) is 2.02. The minimum absolute atomic E-state index is 0.301. The number of carboxylic acid groups (broad SMARTS) is 1. The van der Waals surface area contributed by atoms with Crippen molar-refractivity contribution < 1.29 is 14.7 Å². The molecule has 1 atom stereocenters. The number of hydrogen-bond acceptors (Lipinski definition) is 2. The van der Waals surface area contributed by atoms with Crippen LogP contribution in [0.3, 0.4) is 0 Å². The third kappa shape index (κ3) is 7.97. The highest BCUT2D eigenvalue weighted by Gasteiger charge is 2.18. The second-order valence-electron chi connectivity index (χ2n) is 4.49. The van der Waals surface area contributed by atoms with Crippen molar-refractivity contribution >= 4 is 11.9 Å². The zero-order valence-electron chi connectivity index (χ0n) is 12.1. The highest BCUT2D eigenvalue weighted by atomic mass is 16.4. The minimum Gasteiger partial charge on any atom is -0.480 e. The lowest BCUT2D eigenvalue weighted by Gasteiger charge is -2.13. The fourth-order valence-electron chi connectivity index (χ4n) is 1.41. The molecule has 1 aromatic rings. The predicted molar refractivity (Wildman–Crippen MR) is 76.1 cm³/mol. The van der Waals surface area contributed by atoms with Gasteiger partial charge >= 0.3 is 5.97 Å². The van der Waals surface area contributed by atoms with Crippen LogP contribution in [0.25, 0.3) is 0 Å². The molecule has 2 N–H and O–H groups in total. The molecule has 0 bridgehead atoms. The van der Waals surface area contributed by atoms with Crippen LogP contribution in [0.2, 0.25) is 0 Å². The van der Waals surface area contributed by atoms with Crippen molar-refractivity contribution in [2.24, 2.45) is 0 Å². The van der Waals surface area contributed by atoms with Crippen LogP contribution in [0.15, 0.2) is 24.3 Å². The maximum atomic E-state index is 10.9. The number of amides is 1. The number of aliphatic carboxylic acids is 1. The quantitative estimate of drug-likeness (QED) is 0.879. The largest absolute Gasteiger partial charge is 0.480 e. The van der Waals surface area contributed by atoms with Gasteiger partial charge in [0.05, 0.1) is 0 Å². The first-order chi connectivity index (χ1) is 8.90. The van der Waals surface area contributed by atoms with Gasteiger partial charge in [-0.25, -0.2) is 4.79 Å². The van der Waals surface area contributed by atoms with Crippen LogP contribution in [0, 0.1) is 6.92 Å². The van der Waals surface area contributed by atoms with Crippen LogP contribution in [-0.2, 0) is 16.0 Å². The summed E-state index contributed by atoms with van der Waals surface area (Å²) in [4.78, 5) is 21.7. The standard InChI is InChI=1S/C12H15NO3.C3H8/c1-8-3-5-10(6-4-8)7-11(12(15)16)13-9(2)14;1-3-2/h3-6,11H,7H2,1-2H3,(H,13,14)(H,15,16);3H2,1-2H3/t11-;/m0./s1. The fraction of sp³-hybridized carbons (Fsp3) is 0.467. The molecular weight excluding hydrogens is 242 g/mol. The van der Waals surface area contributed by atoms with Crippen LogP contribution in [0.4, 0.5) is 0 Å². The molecule has 4 heteroatoms. The Morgan fingerprint density at radius 3 is 2.05 bits per heavy atom. The Balaban J connectivity index is 0.000000982. The van der Waals surface area contributed by atoms with E-state index in [1.54, 1.807) is 0 Å². The van der Waals surface area contributed by atoms with Crippen molar-refractivity contribution in [1.82, 2.24) is 5.32 Å². The van der Waals surface area contributed by atoms with Gasteiger partial charge in [0.1, 0.15) is 6.04 Å². The molecule has 0 aliphatic carbocycles. The van der Waals surface area contributed by atoms with Crippen LogP contribution in [0.1, 0.15) is 38.3 Å². The van der Waals surface area contributed by atoms with E-state index in [-0.39, 0.29) is 5.91 Å². The van der Waals surface area contributed by atoms with E-state index in [2.05, 4.69) is 19.2 Å². The molecular formula is C15H23NO3. The Bertz CT molecular complexity index is 398. The SMILES string of the molecule is CC(=O)N[C@@H](Cc1ccc(C)cc1)C(=O)O.CCC. The Kier molecular flexibility index (Phi) is 8.25. The lowest BCUT2D eigenvalue weighted by molar-refractivity contribution is -0.141. The maximum absolute atomic E-state index is 10.9. The molecule has 1 amide bonds. The van der Waals surface area contributed by atoms with Gasteiger partial charge in [0.2, 0.25) is 5.91 Å². The average molecular weight is 265 g/mol. The van der Waals surface area contributed by atoms with Gasteiger partial charge < -0.3 is 10.4 Å². The van der Waals surface area contributed by atoms with Gasteiger partial charge in [0.25, 0.3) is 0 Å². The predicted octanol–water partition coefficient (Wildman–Crippen LogP) is 2.54. The number of rotatable bonds is 4. The van der Waals surface area contributed by atoms with Gasteiger partial charge in [-0.2, -0.15) is 0 Å². The van der Waals surface area contributed by atoms with Crippen molar-refractivity contribution in [3.8, 4) is 0 Å². The smallest absolute Gasteiger partial charge is 0.326 e. The molecule has 4 nitrogen and oxygen atoms in total. The van der Waals surface area contributed by atoms with Crippen molar-refractivity contribution in [1.29, 1.82) is 0 Å². The molecule has 0 saturated carbocycles. The van der Waals surface area contributed by atoms with Gasteiger partial charge in [0, 0.05) is 13.3 Å². The molecule has 0 saturated heterocycles. The lowest BCUT2D eigenvalue weighted by Crippen LogP contribution is -2.41. The first kappa shape index (κ1) is 17.2. The van der Waals surface area contributed by atoms with Crippen molar-refractivity contribution in [2.45, 2.75) is 46.6 Å².